The van der Waals surface area contributed by atoms with E-state index in [2.05, 4.69) is 10.3 Å². The highest BCUT2D eigenvalue weighted by molar-refractivity contribution is 5.63. The zero-order chi connectivity index (χ0) is 13.7. The molecular formula is C15H17FN2O. The molecule has 100 valence electrons. The van der Waals surface area contributed by atoms with Crippen molar-refractivity contribution in [2.45, 2.75) is 19.6 Å². The number of nitrogens with zero attached hydrogens (tertiary/aromatic N) is 1. The van der Waals surface area contributed by atoms with Gasteiger partial charge >= 0.3 is 0 Å². The zero-order valence-electron chi connectivity index (χ0n) is 10.8. The number of pyridine rings is 1. The fraction of sp³-hybridized carbons (Fsp3) is 0.267. The summed E-state index contributed by atoms with van der Waals surface area (Å²) in [4.78, 5) is 3.94. The number of halogens is 1. The van der Waals surface area contributed by atoms with Crippen LogP contribution in [0, 0.1) is 5.82 Å². The summed E-state index contributed by atoms with van der Waals surface area (Å²) in [6, 6.07) is 8.87. The minimum absolute atomic E-state index is 0.243. The van der Waals surface area contributed by atoms with Crippen LogP contribution in [0.15, 0.2) is 42.7 Å². The van der Waals surface area contributed by atoms with Gasteiger partial charge < -0.3 is 10.4 Å². The molecule has 2 rings (SSSR count). The average molecular weight is 260 g/mol. The summed E-state index contributed by atoms with van der Waals surface area (Å²) in [6.45, 7) is 2.55. The summed E-state index contributed by atoms with van der Waals surface area (Å²) in [6.07, 6.45) is 2.94. The Hall–Kier alpha value is -1.78. The second-order valence-corrected chi connectivity index (χ2v) is 4.52. The van der Waals surface area contributed by atoms with Crippen LogP contribution >= 0.6 is 0 Å². The lowest BCUT2D eigenvalue weighted by Crippen LogP contribution is -2.24. The van der Waals surface area contributed by atoms with E-state index in [0.717, 1.165) is 11.1 Å². The summed E-state index contributed by atoms with van der Waals surface area (Å²) in [5, 5.41) is 12.1. The second-order valence-electron chi connectivity index (χ2n) is 4.52. The lowest BCUT2D eigenvalue weighted by molar-refractivity contribution is 0.191. The van der Waals surface area contributed by atoms with Gasteiger partial charge in [0.05, 0.1) is 6.10 Å². The molecule has 4 heteroatoms. The van der Waals surface area contributed by atoms with Gasteiger partial charge in [-0.15, -0.1) is 0 Å². The number of aliphatic hydroxyl groups excluding tert-OH is 1. The molecule has 0 radical (unpaired) electrons. The first-order valence-corrected chi connectivity index (χ1v) is 6.24. The van der Waals surface area contributed by atoms with Crippen LogP contribution in [0.2, 0.25) is 0 Å². The van der Waals surface area contributed by atoms with Crippen molar-refractivity contribution in [1.82, 2.24) is 10.3 Å². The zero-order valence-corrected chi connectivity index (χ0v) is 10.8. The Balaban J connectivity index is 2.09. The molecule has 1 atom stereocenters. The van der Waals surface area contributed by atoms with Crippen LogP contribution in [0.3, 0.4) is 0 Å². The lowest BCUT2D eigenvalue weighted by atomic mass is 10.0. The van der Waals surface area contributed by atoms with Crippen molar-refractivity contribution in [1.29, 1.82) is 0 Å². The molecule has 1 heterocycles. The highest BCUT2D eigenvalue weighted by Crippen LogP contribution is 2.21. The van der Waals surface area contributed by atoms with E-state index >= 15 is 0 Å². The first-order valence-electron chi connectivity index (χ1n) is 6.24. The van der Waals surface area contributed by atoms with E-state index in [1.54, 1.807) is 25.4 Å². The smallest absolute Gasteiger partial charge is 0.128 e. The number of rotatable bonds is 5. The molecule has 0 amide bonds. The first kappa shape index (κ1) is 13.6. The minimum Gasteiger partial charge on any atom is -0.392 e. The van der Waals surface area contributed by atoms with Crippen LogP contribution < -0.4 is 5.32 Å². The molecular weight excluding hydrogens is 243 g/mol. The van der Waals surface area contributed by atoms with Crippen LogP contribution in [0.25, 0.3) is 11.1 Å². The van der Waals surface area contributed by atoms with Gasteiger partial charge in [0.2, 0.25) is 0 Å². The first-order chi connectivity index (χ1) is 9.16. The van der Waals surface area contributed by atoms with Gasteiger partial charge in [0.25, 0.3) is 0 Å². The molecule has 0 saturated heterocycles. The van der Waals surface area contributed by atoms with E-state index in [1.165, 1.54) is 6.07 Å². The maximum absolute atomic E-state index is 13.9. The molecule has 0 aliphatic heterocycles. The Kier molecular flexibility index (Phi) is 4.60. The van der Waals surface area contributed by atoms with Gasteiger partial charge in [0.15, 0.2) is 0 Å². The van der Waals surface area contributed by atoms with Crippen molar-refractivity contribution in [2.24, 2.45) is 0 Å². The minimum atomic E-state index is -0.431. The molecule has 1 aromatic heterocycles. The summed E-state index contributed by atoms with van der Waals surface area (Å²) >= 11 is 0. The lowest BCUT2D eigenvalue weighted by Gasteiger charge is -2.09. The number of hydrogen-bond donors (Lipinski definition) is 2. The van der Waals surface area contributed by atoms with E-state index in [0.29, 0.717) is 18.7 Å². The fourth-order valence-corrected chi connectivity index (χ4v) is 1.83. The highest BCUT2D eigenvalue weighted by atomic mass is 19.1. The molecule has 0 saturated carbocycles. The third kappa shape index (κ3) is 3.84. The summed E-state index contributed by atoms with van der Waals surface area (Å²) in [5.41, 5.74) is 2.37. The largest absolute Gasteiger partial charge is 0.392 e. The number of nitrogens with one attached hydrogen (secondary N) is 1. The van der Waals surface area contributed by atoms with Crippen LogP contribution in [0.1, 0.15) is 12.5 Å². The van der Waals surface area contributed by atoms with Crippen LogP contribution in [0.5, 0.6) is 0 Å². The van der Waals surface area contributed by atoms with Gasteiger partial charge in [-0.05, 0) is 36.2 Å². The number of benzene rings is 1. The molecule has 2 aromatic rings. The molecule has 1 unspecified atom stereocenters. The third-order valence-corrected chi connectivity index (χ3v) is 2.82. The van der Waals surface area contributed by atoms with Crippen molar-refractivity contribution < 1.29 is 9.50 Å². The molecule has 19 heavy (non-hydrogen) atoms. The Bertz CT molecular complexity index is 529. The standard InChI is InChI=1S/C15H17FN2O/c1-11(19)9-18-10-14-3-2-13(8-15(14)16)12-4-6-17-7-5-12/h2-8,11,18-19H,9-10H2,1H3. The summed E-state index contributed by atoms with van der Waals surface area (Å²) in [7, 11) is 0. The van der Waals surface area contributed by atoms with E-state index in [9.17, 15) is 4.39 Å². The molecule has 3 nitrogen and oxygen atoms in total. The maximum atomic E-state index is 13.9. The van der Waals surface area contributed by atoms with Crippen molar-refractivity contribution in [3.63, 3.8) is 0 Å². The molecule has 1 aromatic carbocycles. The molecule has 0 bridgehead atoms. The fourth-order valence-electron chi connectivity index (χ4n) is 1.83. The van der Waals surface area contributed by atoms with Gasteiger partial charge in [-0.25, -0.2) is 4.39 Å². The SMILES string of the molecule is CC(O)CNCc1ccc(-c2ccncc2)cc1F. The number of aliphatic hydroxyl groups is 1. The topological polar surface area (TPSA) is 45.1 Å². The molecule has 0 fully saturated rings. The van der Waals surface area contributed by atoms with Crippen LogP contribution in [0.4, 0.5) is 4.39 Å². The Morgan fingerprint density at radius 1 is 1.21 bits per heavy atom. The van der Waals surface area contributed by atoms with E-state index in [4.69, 9.17) is 5.11 Å². The number of hydrogen-bond acceptors (Lipinski definition) is 3. The van der Waals surface area contributed by atoms with Crippen molar-refractivity contribution in [3.8, 4) is 11.1 Å². The normalized spacial score (nSPS) is 12.4. The molecule has 2 N–H and O–H groups in total. The van der Waals surface area contributed by atoms with Gasteiger partial charge in [-0.2, -0.15) is 0 Å². The van der Waals surface area contributed by atoms with Crippen molar-refractivity contribution in [3.05, 3.63) is 54.1 Å². The third-order valence-electron chi connectivity index (χ3n) is 2.82. The van der Waals surface area contributed by atoms with E-state index in [1.807, 2.05) is 18.2 Å². The maximum Gasteiger partial charge on any atom is 0.128 e. The average Bonchev–Trinajstić information content (AvgIpc) is 2.41. The van der Waals surface area contributed by atoms with Gasteiger partial charge in [-0.1, -0.05) is 12.1 Å². The van der Waals surface area contributed by atoms with Gasteiger partial charge in [0.1, 0.15) is 5.82 Å². The predicted octanol–water partition coefficient (Wildman–Crippen LogP) is 2.36. The Morgan fingerprint density at radius 3 is 2.58 bits per heavy atom. The van der Waals surface area contributed by atoms with Crippen molar-refractivity contribution >= 4 is 0 Å². The van der Waals surface area contributed by atoms with Gasteiger partial charge in [0, 0.05) is 31.0 Å². The van der Waals surface area contributed by atoms with Crippen molar-refractivity contribution in [2.75, 3.05) is 6.54 Å². The van der Waals surface area contributed by atoms with E-state index < -0.39 is 6.10 Å². The quantitative estimate of drug-likeness (QED) is 0.867. The van der Waals surface area contributed by atoms with Crippen LogP contribution in [-0.2, 0) is 6.54 Å². The second kappa shape index (κ2) is 6.41. The molecule has 0 aliphatic rings. The summed E-state index contributed by atoms with van der Waals surface area (Å²) < 4.78 is 13.9. The molecule has 0 aliphatic carbocycles. The number of aromatic nitrogens is 1. The monoisotopic (exact) mass is 260 g/mol. The Labute approximate surface area is 112 Å². The Morgan fingerprint density at radius 2 is 1.95 bits per heavy atom. The highest BCUT2D eigenvalue weighted by Gasteiger charge is 2.05. The van der Waals surface area contributed by atoms with Gasteiger partial charge in [-0.3, -0.25) is 4.98 Å². The van der Waals surface area contributed by atoms with E-state index in [-0.39, 0.29) is 5.82 Å². The predicted molar refractivity (Wildman–Crippen MR) is 73.0 cm³/mol. The molecule has 0 spiro atoms. The van der Waals surface area contributed by atoms with Crippen LogP contribution in [-0.4, -0.2) is 22.7 Å². The summed E-state index contributed by atoms with van der Waals surface area (Å²) in [5.74, 6) is -0.243.